The van der Waals surface area contributed by atoms with Crippen molar-refractivity contribution in [2.75, 3.05) is 13.2 Å². The third-order valence-corrected chi connectivity index (χ3v) is 3.92. The number of hydrogen-bond acceptors (Lipinski definition) is 10. The van der Waals surface area contributed by atoms with Crippen LogP contribution in [0.2, 0.25) is 0 Å². The minimum absolute atomic E-state index is 0.687. The van der Waals surface area contributed by atoms with Crippen LogP contribution < -0.4 is 0 Å². The van der Waals surface area contributed by atoms with Crippen molar-refractivity contribution in [3.8, 4) is 0 Å². The Morgan fingerprint density at radius 3 is 1.70 bits per heavy atom. The fourth-order valence-electron chi connectivity index (χ4n) is 2.47. The van der Waals surface area contributed by atoms with Crippen molar-refractivity contribution in [3.05, 3.63) is 0 Å². The molecule has 0 spiro atoms. The van der Waals surface area contributed by atoms with Crippen molar-refractivity contribution in [2.45, 2.75) is 61.5 Å². The minimum atomic E-state index is -2.05. The molecule has 2 aliphatic rings. The minimum Gasteiger partial charge on any atom is -0.394 e. The largest absolute Gasteiger partial charge is 0.394 e. The zero-order chi connectivity index (χ0) is 17.3. The van der Waals surface area contributed by atoms with Gasteiger partial charge in [0.2, 0.25) is 0 Å². The predicted octanol–water partition coefficient (Wildman–Crippen LogP) is -4.42. The molecule has 6 unspecified atom stereocenters. The third-order valence-electron chi connectivity index (χ3n) is 3.92. The van der Waals surface area contributed by atoms with Gasteiger partial charge in [-0.2, -0.15) is 0 Å². The summed E-state index contributed by atoms with van der Waals surface area (Å²) in [6.07, 6.45) is -16.9. The van der Waals surface area contributed by atoms with E-state index in [0.717, 1.165) is 0 Å². The van der Waals surface area contributed by atoms with Gasteiger partial charge in [0.05, 0.1) is 13.2 Å². The number of ether oxygens (including phenoxy) is 3. The first-order valence-corrected chi connectivity index (χ1v) is 7.04. The number of aliphatic hydroxyl groups excluding tert-OH is 7. The van der Waals surface area contributed by atoms with Crippen molar-refractivity contribution >= 4 is 0 Å². The molecule has 7 N–H and O–H groups in total. The highest BCUT2D eigenvalue weighted by Crippen LogP contribution is 2.28. The van der Waals surface area contributed by atoms with Gasteiger partial charge in [-0.05, 0) is 0 Å². The highest BCUT2D eigenvalue weighted by atomic mass is 19.1. The smallest absolute Gasteiger partial charge is 0.189 e. The van der Waals surface area contributed by atoms with Crippen LogP contribution in [0.4, 0.5) is 4.39 Å². The Balaban J connectivity index is 2.07. The molecule has 0 aromatic carbocycles. The van der Waals surface area contributed by atoms with E-state index < -0.39 is 74.7 Å². The molecule has 10 atom stereocenters. The van der Waals surface area contributed by atoms with Gasteiger partial charge in [0.15, 0.2) is 18.8 Å². The molecule has 2 heterocycles. The Bertz CT molecular complexity index is 349. The molecule has 0 radical (unpaired) electrons. The maximum Gasteiger partial charge on any atom is 0.189 e. The van der Waals surface area contributed by atoms with Gasteiger partial charge in [-0.3, -0.25) is 0 Å². The van der Waals surface area contributed by atoms with Gasteiger partial charge < -0.3 is 50.0 Å². The van der Waals surface area contributed by atoms with E-state index in [2.05, 4.69) is 0 Å². The molecular weight excluding hydrogens is 323 g/mol. The highest BCUT2D eigenvalue weighted by Gasteiger charge is 2.50. The lowest BCUT2D eigenvalue weighted by Crippen LogP contribution is -2.63. The number of rotatable bonds is 4. The molecule has 0 aliphatic carbocycles. The molecule has 0 amide bonds. The Kier molecular flexibility index (Phi) is 6.24. The van der Waals surface area contributed by atoms with Crippen molar-refractivity contribution in [1.29, 1.82) is 0 Å². The summed E-state index contributed by atoms with van der Waals surface area (Å²) in [4.78, 5) is 0. The van der Waals surface area contributed by atoms with E-state index in [0.29, 0.717) is 0 Å². The Morgan fingerprint density at radius 2 is 1.17 bits per heavy atom. The molecule has 2 aliphatic heterocycles. The second-order valence-electron chi connectivity index (χ2n) is 5.48. The summed E-state index contributed by atoms with van der Waals surface area (Å²) in [5.41, 5.74) is 0. The molecule has 23 heavy (non-hydrogen) atoms. The average molecular weight is 344 g/mol. The SMILES string of the molecule is OCC1O[C@H](O[C@H]2OC(CO)[C@H](F)C(O)C2O)C(O)C(O)[C@@H]1O. The topological polar surface area (TPSA) is 169 Å². The van der Waals surface area contributed by atoms with Crippen LogP contribution in [-0.4, -0.2) is 110 Å². The normalized spacial score (nSPS) is 51.7. The first-order valence-electron chi connectivity index (χ1n) is 7.04. The fraction of sp³-hybridized carbons (Fsp3) is 1.00. The monoisotopic (exact) mass is 344 g/mol. The van der Waals surface area contributed by atoms with E-state index in [-0.39, 0.29) is 0 Å². The molecule has 10 nitrogen and oxygen atoms in total. The molecular formula is C12H21FO10. The highest BCUT2D eigenvalue weighted by molar-refractivity contribution is 4.92. The lowest BCUT2D eigenvalue weighted by molar-refractivity contribution is -0.373. The van der Waals surface area contributed by atoms with Crippen LogP contribution in [0.15, 0.2) is 0 Å². The standard InChI is InChI=1S/C12H21FO10/c13-5-3(1-14)21-11(9(19)7(5)17)23-12-10(20)8(18)6(16)4(2-15)22-12/h3-12,14-20H,1-2H2/t3?,4?,5-,6+,7?,8?,9?,10?,11+,12+/m0/s1. The number of alkyl halides is 1. The van der Waals surface area contributed by atoms with Crippen LogP contribution in [0.3, 0.4) is 0 Å². The van der Waals surface area contributed by atoms with Crippen LogP contribution in [-0.2, 0) is 14.2 Å². The third kappa shape index (κ3) is 3.64. The van der Waals surface area contributed by atoms with Crippen LogP contribution in [0.5, 0.6) is 0 Å². The molecule has 136 valence electrons. The molecule has 0 bridgehead atoms. The van der Waals surface area contributed by atoms with E-state index in [9.17, 15) is 29.9 Å². The summed E-state index contributed by atoms with van der Waals surface area (Å²) < 4.78 is 28.7. The Morgan fingerprint density at radius 1 is 0.696 bits per heavy atom. The van der Waals surface area contributed by atoms with Crippen molar-refractivity contribution < 1.29 is 54.3 Å². The van der Waals surface area contributed by atoms with Gasteiger partial charge >= 0.3 is 0 Å². The summed E-state index contributed by atoms with van der Waals surface area (Å²) in [6, 6.07) is 0. The molecule has 0 saturated carbocycles. The molecule has 2 fully saturated rings. The predicted molar refractivity (Wildman–Crippen MR) is 67.5 cm³/mol. The van der Waals surface area contributed by atoms with Gasteiger partial charge in [-0.25, -0.2) is 4.39 Å². The van der Waals surface area contributed by atoms with Gasteiger partial charge in [0.1, 0.15) is 42.7 Å². The van der Waals surface area contributed by atoms with E-state index in [1.165, 1.54) is 0 Å². The quantitative estimate of drug-likeness (QED) is 0.264. The lowest BCUT2D eigenvalue weighted by Gasteiger charge is -2.44. The number of halogens is 1. The zero-order valence-electron chi connectivity index (χ0n) is 11.9. The zero-order valence-corrected chi connectivity index (χ0v) is 11.9. The van der Waals surface area contributed by atoms with Crippen LogP contribution in [0.25, 0.3) is 0 Å². The van der Waals surface area contributed by atoms with Crippen LogP contribution in [0.1, 0.15) is 0 Å². The summed E-state index contributed by atoms with van der Waals surface area (Å²) in [5.74, 6) is 0. The van der Waals surface area contributed by atoms with E-state index in [1.807, 2.05) is 0 Å². The van der Waals surface area contributed by atoms with E-state index in [4.69, 9.17) is 24.4 Å². The number of aliphatic hydroxyl groups is 7. The summed E-state index contributed by atoms with van der Waals surface area (Å²) >= 11 is 0. The molecule has 2 rings (SSSR count). The van der Waals surface area contributed by atoms with Crippen molar-refractivity contribution in [2.24, 2.45) is 0 Å². The first-order chi connectivity index (χ1) is 10.8. The summed E-state index contributed by atoms with van der Waals surface area (Å²) in [5, 5.41) is 66.5. The van der Waals surface area contributed by atoms with Gasteiger partial charge in [-0.15, -0.1) is 0 Å². The average Bonchev–Trinajstić information content (AvgIpc) is 2.55. The molecule has 0 aromatic rings. The lowest BCUT2D eigenvalue weighted by atomic mass is 9.98. The second-order valence-corrected chi connectivity index (χ2v) is 5.48. The first kappa shape index (κ1) is 18.9. The van der Waals surface area contributed by atoms with Gasteiger partial charge in [0, 0.05) is 0 Å². The van der Waals surface area contributed by atoms with E-state index >= 15 is 0 Å². The van der Waals surface area contributed by atoms with Crippen LogP contribution in [0, 0.1) is 0 Å². The van der Waals surface area contributed by atoms with Crippen molar-refractivity contribution in [3.63, 3.8) is 0 Å². The summed E-state index contributed by atoms with van der Waals surface area (Å²) in [7, 11) is 0. The number of hydrogen-bond donors (Lipinski definition) is 7. The summed E-state index contributed by atoms with van der Waals surface area (Å²) in [6.45, 7) is -1.48. The fourth-order valence-corrected chi connectivity index (χ4v) is 2.47. The van der Waals surface area contributed by atoms with Crippen molar-refractivity contribution in [1.82, 2.24) is 0 Å². The maximum absolute atomic E-state index is 13.6. The van der Waals surface area contributed by atoms with Gasteiger partial charge in [-0.1, -0.05) is 0 Å². The van der Waals surface area contributed by atoms with Gasteiger partial charge in [0.25, 0.3) is 0 Å². The van der Waals surface area contributed by atoms with Crippen LogP contribution >= 0.6 is 0 Å². The van der Waals surface area contributed by atoms with E-state index in [1.54, 1.807) is 0 Å². The maximum atomic E-state index is 13.6. The molecule has 11 heteroatoms. The Labute approximate surface area is 130 Å². The Hall–Kier alpha value is -0.470. The molecule has 2 saturated heterocycles. The second kappa shape index (κ2) is 7.61. The molecule has 0 aromatic heterocycles.